The van der Waals surface area contributed by atoms with E-state index in [1.807, 2.05) is 0 Å². The second kappa shape index (κ2) is 10.0. The number of nitrogens with zero attached hydrogens (tertiary/aromatic N) is 1. The van der Waals surface area contributed by atoms with Crippen molar-refractivity contribution in [3.63, 3.8) is 0 Å². The minimum Gasteiger partial charge on any atom is -0.480 e. The fourth-order valence-electron chi connectivity index (χ4n) is 3.48. The van der Waals surface area contributed by atoms with E-state index in [9.17, 15) is 29.4 Å². The molecule has 0 aromatic heterocycles. The first-order chi connectivity index (χ1) is 12.6. The van der Waals surface area contributed by atoms with Gasteiger partial charge in [-0.15, -0.1) is 11.8 Å². The third kappa shape index (κ3) is 4.90. The molecule has 0 aliphatic carbocycles. The minimum absolute atomic E-state index is 0. The van der Waals surface area contributed by atoms with Crippen LogP contribution in [0.1, 0.15) is 25.3 Å². The number of fused-ring (bicyclic) bond motifs is 1. The first kappa shape index (κ1) is 27.0. The molecule has 0 bridgehead atoms. The van der Waals surface area contributed by atoms with Gasteiger partial charge in [-0.1, -0.05) is 34.1 Å². The van der Waals surface area contributed by atoms with E-state index in [-0.39, 0.29) is 64.7 Å². The first-order valence-corrected chi connectivity index (χ1v) is 9.74. The number of hydrogen-bond acceptors (Lipinski definition) is 5. The van der Waals surface area contributed by atoms with Crippen LogP contribution >= 0.6 is 27.7 Å². The summed E-state index contributed by atoms with van der Waals surface area (Å²) in [5.74, 6) is -5.27. The number of thioether (sulfide) groups is 1. The molecule has 12 heteroatoms. The summed E-state index contributed by atoms with van der Waals surface area (Å²) in [7, 11) is 0. The van der Waals surface area contributed by atoms with Crippen LogP contribution in [0.5, 0.6) is 0 Å². The van der Waals surface area contributed by atoms with Gasteiger partial charge in [0.25, 0.3) is 0 Å². The number of carboxylic acid groups (broad SMARTS) is 2. The van der Waals surface area contributed by atoms with Crippen molar-refractivity contribution in [2.45, 2.75) is 42.0 Å². The van der Waals surface area contributed by atoms with E-state index in [0.29, 0.717) is 4.47 Å². The maximum Gasteiger partial charge on any atom is 0.327 e. The number of aliphatic carboxylic acids is 2. The predicted octanol–water partition coefficient (Wildman–Crippen LogP) is 0.487. The fourth-order valence-corrected chi connectivity index (χ4v) is 5.62. The molecule has 8 nitrogen and oxygen atoms in total. The molecule has 2 radical (unpaired) electrons. The van der Waals surface area contributed by atoms with Crippen molar-refractivity contribution in [2.24, 2.45) is 0 Å². The van der Waals surface area contributed by atoms with Crippen molar-refractivity contribution in [2.75, 3.05) is 0 Å². The molecule has 2 saturated heterocycles. The summed E-state index contributed by atoms with van der Waals surface area (Å²) in [4.78, 5) is 49.5. The first-order valence-electron chi connectivity index (χ1n) is 8.06. The standard InChI is InChI=1S/C17H17BrN2O6S.2Na/c1-17(2)11(16(25)26)20-13(22)10(14(20)27-17)19-12(21)9(15(23)24)7-5-3-4-6-8(7)18;;/h3-6,9-11,14H,1-2H3,(H,19,21)(H,23,24)(H,25,26);;/t9?,10-,11+,14-;;/m1../s1. The van der Waals surface area contributed by atoms with Crippen molar-refractivity contribution >= 4 is 111 Å². The number of β-lactam (4-membered cyclic amide) rings is 1. The maximum atomic E-state index is 12.6. The Morgan fingerprint density at radius 3 is 2.31 bits per heavy atom. The van der Waals surface area contributed by atoms with Crippen LogP contribution in [0.25, 0.3) is 0 Å². The molecule has 2 aliphatic rings. The van der Waals surface area contributed by atoms with Crippen LogP contribution in [0.2, 0.25) is 0 Å². The van der Waals surface area contributed by atoms with Crippen LogP contribution in [0.4, 0.5) is 0 Å². The maximum absolute atomic E-state index is 12.6. The van der Waals surface area contributed by atoms with Gasteiger partial charge in [0.1, 0.15) is 17.5 Å². The van der Waals surface area contributed by atoms with E-state index in [4.69, 9.17) is 0 Å². The number of carboxylic acids is 2. The van der Waals surface area contributed by atoms with Crippen molar-refractivity contribution in [3.05, 3.63) is 34.3 Å². The normalized spacial score (nSPS) is 24.9. The van der Waals surface area contributed by atoms with E-state index in [1.54, 1.807) is 32.0 Å². The van der Waals surface area contributed by atoms with Gasteiger partial charge in [-0.3, -0.25) is 14.4 Å². The topological polar surface area (TPSA) is 124 Å². The monoisotopic (exact) mass is 502 g/mol. The molecule has 2 fully saturated rings. The molecule has 3 rings (SSSR count). The van der Waals surface area contributed by atoms with Gasteiger partial charge in [-0.05, 0) is 25.5 Å². The zero-order valence-electron chi connectivity index (χ0n) is 16.4. The van der Waals surface area contributed by atoms with E-state index >= 15 is 0 Å². The van der Waals surface area contributed by atoms with Crippen molar-refractivity contribution in [1.29, 1.82) is 0 Å². The number of halogens is 1. The molecule has 0 saturated carbocycles. The predicted molar refractivity (Wildman–Crippen MR) is 112 cm³/mol. The average Bonchev–Trinajstić information content (AvgIpc) is 2.82. The Bertz CT molecular complexity index is 855. The van der Waals surface area contributed by atoms with E-state index in [1.165, 1.54) is 22.7 Å². The number of hydrogen-bond donors (Lipinski definition) is 3. The Labute approximate surface area is 224 Å². The summed E-state index contributed by atoms with van der Waals surface area (Å²) < 4.78 is -0.253. The SMILES string of the molecule is CC1(C)S[C@@H]2[C@H](NC(=O)C(C(=O)O)c3ccccc3Br)C(=O)N2[C@H]1C(=O)O.[Na].[Na]. The average molecular weight is 503 g/mol. The molecule has 2 amide bonds. The van der Waals surface area contributed by atoms with Gasteiger partial charge in [0, 0.05) is 68.3 Å². The molecular weight excluding hydrogens is 486 g/mol. The molecule has 29 heavy (non-hydrogen) atoms. The second-order valence-corrected chi connectivity index (χ2v) is 9.50. The number of amides is 2. The second-order valence-electron chi connectivity index (χ2n) is 6.88. The Morgan fingerprint density at radius 2 is 1.79 bits per heavy atom. The third-order valence-electron chi connectivity index (χ3n) is 4.70. The van der Waals surface area contributed by atoms with Crippen molar-refractivity contribution in [3.8, 4) is 0 Å². The molecule has 1 aromatic carbocycles. The van der Waals surface area contributed by atoms with Gasteiger partial charge in [0.2, 0.25) is 11.8 Å². The van der Waals surface area contributed by atoms with E-state index < -0.39 is 51.9 Å². The zero-order valence-corrected chi connectivity index (χ0v) is 22.8. The third-order valence-corrected chi connectivity index (χ3v) is 6.99. The molecule has 146 valence electrons. The van der Waals surface area contributed by atoms with Gasteiger partial charge in [-0.2, -0.15) is 0 Å². The van der Waals surface area contributed by atoms with Crippen LogP contribution in [0.15, 0.2) is 28.7 Å². The number of carbonyl (C=O) groups excluding carboxylic acids is 2. The summed E-state index contributed by atoms with van der Waals surface area (Å²) in [5, 5.41) is 20.9. The molecule has 3 N–H and O–H groups in total. The largest absolute Gasteiger partial charge is 0.480 e. The molecule has 4 atom stereocenters. The zero-order chi connectivity index (χ0) is 20.1. The van der Waals surface area contributed by atoms with Gasteiger partial charge >= 0.3 is 11.9 Å². The molecule has 2 heterocycles. The molecule has 0 spiro atoms. The Balaban J connectivity index is 0.00000210. The van der Waals surface area contributed by atoms with Gasteiger partial charge in [-0.25, -0.2) is 4.79 Å². The molecule has 1 aromatic rings. The van der Waals surface area contributed by atoms with Crippen LogP contribution < -0.4 is 5.32 Å². The van der Waals surface area contributed by atoms with Gasteiger partial charge < -0.3 is 20.4 Å². The quantitative estimate of drug-likeness (QED) is 0.304. The van der Waals surface area contributed by atoms with Gasteiger partial charge in [0.15, 0.2) is 5.92 Å². The van der Waals surface area contributed by atoms with Crippen LogP contribution in [-0.2, 0) is 19.2 Å². The molecule has 2 aliphatic heterocycles. The fraction of sp³-hybridized carbons (Fsp3) is 0.412. The minimum atomic E-state index is -1.49. The number of nitrogens with one attached hydrogen (secondary N) is 1. The van der Waals surface area contributed by atoms with Crippen LogP contribution in [0, 0.1) is 0 Å². The number of rotatable bonds is 5. The summed E-state index contributed by atoms with van der Waals surface area (Å²) in [5.41, 5.74) is 0.272. The molecule has 1 unspecified atom stereocenters. The van der Waals surface area contributed by atoms with Crippen LogP contribution in [0.3, 0.4) is 0 Å². The Kier molecular flexibility index (Phi) is 9.33. The Hall–Kier alpha value is -0.0700. The van der Waals surface area contributed by atoms with E-state index in [2.05, 4.69) is 21.2 Å². The summed E-state index contributed by atoms with van der Waals surface area (Å²) in [6.45, 7) is 3.45. The van der Waals surface area contributed by atoms with Crippen molar-refractivity contribution < 1.29 is 29.4 Å². The number of carbonyl (C=O) groups is 4. The van der Waals surface area contributed by atoms with Crippen LogP contribution in [-0.4, -0.2) is 120 Å². The van der Waals surface area contributed by atoms with Gasteiger partial charge in [0.05, 0.1) is 0 Å². The summed E-state index contributed by atoms with van der Waals surface area (Å²) in [6.07, 6.45) is 0. The summed E-state index contributed by atoms with van der Waals surface area (Å²) in [6, 6.07) is 4.52. The number of benzene rings is 1. The molecular formula is C17H17BrN2Na2O6S. The smallest absolute Gasteiger partial charge is 0.327 e. The van der Waals surface area contributed by atoms with E-state index in [0.717, 1.165) is 0 Å². The Morgan fingerprint density at radius 1 is 1.21 bits per heavy atom. The summed E-state index contributed by atoms with van der Waals surface area (Å²) >= 11 is 4.52. The van der Waals surface area contributed by atoms with Crippen molar-refractivity contribution in [1.82, 2.24) is 10.2 Å².